The summed E-state index contributed by atoms with van der Waals surface area (Å²) in [5.41, 5.74) is 1.13. The number of nitrogens with zero attached hydrogens (tertiary/aromatic N) is 1. The molecule has 2 rings (SSSR count). The molecule has 0 unspecified atom stereocenters. The van der Waals surface area contributed by atoms with E-state index in [1.807, 2.05) is 0 Å². The van der Waals surface area contributed by atoms with Crippen molar-refractivity contribution in [2.24, 2.45) is 0 Å². The molecule has 0 fully saturated rings. The Morgan fingerprint density at radius 3 is 2.45 bits per heavy atom. The Morgan fingerprint density at radius 1 is 1.19 bits per heavy atom. The van der Waals surface area contributed by atoms with Gasteiger partial charge >= 0.3 is 0 Å². The van der Waals surface area contributed by atoms with E-state index < -0.39 is 15.9 Å². The van der Waals surface area contributed by atoms with E-state index in [9.17, 15) is 18.0 Å². The SMILES string of the molecule is C#CCN(C(=O)CC)S(=O)(=O)c1ccc(CCNC(=O)c2cc(Cl)ccc2OC)cc1. The van der Waals surface area contributed by atoms with Gasteiger partial charge in [0.05, 0.1) is 24.1 Å². The molecule has 31 heavy (non-hydrogen) atoms. The predicted molar refractivity (Wildman–Crippen MR) is 119 cm³/mol. The van der Waals surface area contributed by atoms with Crippen molar-refractivity contribution < 1.29 is 22.7 Å². The maximum atomic E-state index is 12.7. The number of halogens is 1. The zero-order valence-electron chi connectivity index (χ0n) is 17.2. The van der Waals surface area contributed by atoms with E-state index in [1.54, 1.807) is 31.2 Å². The Kier molecular flexibility index (Phi) is 8.48. The van der Waals surface area contributed by atoms with Crippen LogP contribution in [0, 0.1) is 12.3 Å². The van der Waals surface area contributed by atoms with Crippen LogP contribution >= 0.6 is 11.6 Å². The largest absolute Gasteiger partial charge is 0.496 e. The number of ether oxygens (including phenoxy) is 1. The molecule has 0 aliphatic rings. The monoisotopic (exact) mass is 462 g/mol. The van der Waals surface area contributed by atoms with Crippen LogP contribution in [-0.4, -0.2) is 44.7 Å². The minimum absolute atomic E-state index is 0.0239. The van der Waals surface area contributed by atoms with Crippen molar-refractivity contribution in [3.05, 3.63) is 58.6 Å². The number of terminal acetylenes is 1. The van der Waals surface area contributed by atoms with E-state index in [0.29, 0.717) is 33.6 Å². The lowest BCUT2D eigenvalue weighted by Gasteiger charge is -2.19. The number of carbonyl (C=O) groups excluding carboxylic acids is 2. The lowest BCUT2D eigenvalue weighted by Crippen LogP contribution is -2.36. The highest BCUT2D eigenvalue weighted by atomic mass is 35.5. The first-order valence-electron chi connectivity index (χ1n) is 9.44. The molecule has 0 aliphatic heterocycles. The van der Waals surface area contributed by atoms with Gasteiger partial charge in [-0.3, -0.25) is 9.59 Å². The first kappa shape index (κ1) is 24.3. The molecule has 0 aliphatic carbocycles. The fourth-order valence-electron chi connectivity index (χ4n) is 2.80. The van der Waals surface area contributed by atoms with Crippen LogP contribution in [0.5, 0.6) is 5.75 Å². The van der Waals surface area contributed by atoms with Crippen LogP contribution in [0.1, 0.15) is 29.3 Å². The van der Waals surface area contributed by atoms with Gasteiger partial charge in [0.2, 0.25) is 5.91 Å². The summed E-state index contributed by atoms with van der Waals surface area (Å²) in [5.74, 6) is 1.71. The number of sulfonamides is 1. The molecule has 164 valence electrons. The molecule has 0 bridgehead atoms. The van der Waals surface area contributed by atoms with Crippen LogP contribution in [-0.2, 0) is 21.2 Å². The molecule has 0 saturated carbocycles. The molecule has 0 atom stereocenters. The summed E-state index contributed by atoms with van der Waals surface area (Å²) in [6.45, 7) is 1.56. The Labute approximate surface area is 187 Å². The number of hydrogen-bond donors (Lipinski definition) is 1. The maximum Gasteiger partial charge on any atom is 0.267 e. The number of benzene rings is 2. The van der Waals surface area contributed by atoms with Crippen molar-refractivity contribution in [1.29, 1.82) is 0 Å². The fourth-order valence-corrected chi connectivity index (χ4v) is 4.34. The summed E-state index contributed by atoms with van der Waals surface area (Å²) in [7, 11) is -2.56. The van der Waals surface area contributed by atoms with Gasteiger partial charge in [-0.25, -0.2) is 12.7 Å². The Balaban J connectivity index is 2.05. The average Bonchev–Trinajstić information content (AvgIpc) is 2.77. The summed E-state index contributed by atoms with van der Waals surface area (Å²) in [5, 5.41) is 3.20. The number of carbonyl (C=O) groups is 2. The third-order valence-electron chi connectivity index (χ3n) is 4.43. The predicted octanol–water partition coefficient (Wildman–Crippen LogP) is 2.88. The first-order valence-corrected chi connectivity index (χ1v) is 11.3. The van der Waals surface area contributed by atoms with E-state index in [0.717, 1.165) is 5.56 Å². The molecule has 0 heterocycles. The second-order valence-corrected chi connectivity index (χ2v) is 8.76. The number of hydrogen-bond acceptors (Lipinski definition) is 5. The minimum Gasteiger partial charge on any atom is -0.496 e. The van der Waals surface area contributed by atoms with Crippen LogP contribution in [0.25, 0.3) is 0 Å². The van der Waals surface area contributed by atoms with Gasteiger partial charge in [-0.05, 0) is 42.3 Å². The zero-order valence-corrected chi connectivity index (χ0v) is 18.8. The molecule has 9 heteroatoms. The lowest BCUT2D eigenvalue weighted by molar-refractivity contribution is -0.125. The van der Waals surface area contributed by atoms with Gasteiger partial charge in [0.15, 0.2) is 0 Å². The number of nitrogens with one attached hydrogen (secondary N) is 1. The first-order chi connectivity index (χ1) is 14.7. The summed E-state index contributed by atoms with van der Waals surface area (Å²) >= 11 is 5.95. The maximum absolute atomic E-state index is 12.7. The standard InChI is InChI=1S/C22H23ClN2O5S/c1-4-14-25(21(26)5-2)31(28,29)18-9-6-16(7-10-18)12-13-24-22(27)19-15-17(23)8-11-20(19)30-3/h1,6-11,15H,5,12-14H2,2-3H3,(H,24,27). The van der Waals surface area contributed by atoms with E-state index in [4.69, 9.17) is 22.8 Å². The van der Waals surface area contributed by atoms with E-state index in [1.165, 1.54) is 25.3 Å². The van der Waals surface area contributed by atoms with Crippen LogP contribution < -0.4 is 10.1 Å². The van der Waals surface area contributed by atoms with Crippen molar-refractivity contribution in [3.8, 4) is 18.1 Å². The number of rotatable bonds is 9. The third kappa shape index (κ3) is 6.00. The highest BCUT2D eigenvalue weighted by Crippen LogP contribution is 2.22. The molecular weight excluding hydrogens is 440 g/mol. The van der Waals surface area contributed by atoms with Gasteiger partial charge < -0.3 is 10.1 Å². The summed E-state index contributed by atoms with van der Waals surface area (Å²) in [6.07, 6.45) is 5.70. The van der Waals surface area contributed by atoms with Crippen LogP contribution in [0.4, 0.5) is 0 Å². The third-order valence-corrected chi connectivity index (χ3v) is 6.45. The van der Waals surface area contributed by atoms with Crippen LogP contribution in [0.3, 0.4) is 0 Å². The highest BCUT2D eigenvalue weighted by molar-refractivity contribution is 7.89. The fraction of sp³-hybridized carbons (Fsp3) is 0.273. The Morgan fingerprint density at radius 2 is 1.87 bits per heavy atom. The molecule has 0 spiro atoms. The van der Waals surface area contributed by atoms with Crippen molar-refractivity contribution in [2.45, 2.75) is 24.7 Å². The smallest absolute Gasteiger partial charge is 0.267 e. The van der Waals surface area contributed by atoms with Gasteiger partial charge in [-0.15, -0.1) is 6.42 Å². The second kappa shape index (κ2) is 10.8. The summed E-state index contributed by atoms with van der Waals surface area (Å²) in [6, 6.07) is 10.9. The number of methoxy groups -OCH3 is 1. The minimum atomic E-state index is -4.03. The van der Waals surface area contributed by atoms with Crippen LogP contribution in [0.15, 0.2) is 47.4 Å². The molecule has 0 radical (unpaired) electrons. The van der Waals surface area contributed by atoms with Gasteiger partial charge in [0.25, 0.3) is 15.9 Å². The zero-order chi connectivity index (χ0) is 23.0. The van der Waals surface area contributed by atoms with Crippen molar-refractivity contribution in [2.75, 3.05) is 20.2 Å². The molecule has 0 aromatic heterocycles. The van der Waals surface area contributed by atoms with E-state index in [-0.39, 0.29) is 23.8 Å². The van der Waals surface area contributed by atoms with Crippen molar-refractivity contribution >= 4 is 33.4 Å². The van der Waals surface area contributed by atoms with Gasteiger partial charge in [0, 0.05) is 18.0 Å². The number of amides is 2. The Hall–Kier alpha value is -3.02. The molecule has 2 aromatic rings. The molecular formula is C22H23ClN2O5S. The van der Waals surface area contributed by atoms with E-state index in [2.05, 4.69) is 11.2 Å². The van der Waals surface area contributed by atoms with Crippen LogP contribution in [0.2, 0.25) is 5.02 Å². The van der Waals surface area contributed by atoms with Gasteiger partial charge in [-0.1, -0.05) is 36.6 Å². The van der Waals surface area contributed by atoms with Gasteiger partial charge in [-0.2, -0.15) is 0 Å². The highest BCUT2D eigenvalue weighted by Gasteiger charge is 2.27. The average molecular weight is 463 g/mol. The molecule has 7 nitrogen and oxygen atoms in total. The Bertz CT molecular complexity index is 1090. The van der Waals surface area contributed by atoms with Gasteiger partial charge in [0.1, 0.15) is 5.75 Å². The molecule has 2 aromatic carbocycles. The topological polar surface area (TPSA) is 92.8 Å². The molecule has 1 N–H and O–H groups in total. The lowest BCUT2D eigenvalue weighted by atomic mass is 10.1. The molecule has 0 saturated heterocycles. The molecule has 2 amide bonds. The summed E-state index contributed by atoms with van der Waals surface area (Å²) < 4.78 is 31.3. The van der Waals surface area contributed by atoms with Crippen molar-refractivity contribution in [3.63, 3.8) is 0 Å². The van der Waals surface area contributed by atoms with E-state index >= 15 is 0 Å². The second-order valence-electron chi connectivity index (χ2n) is 6.46. The van der Waals surface area contributed by atoms with Crippen molar-refractivity contribution in [1.82, 2.24) is 9.62 Å². The quantitative estimate of drug-likeness (QED) is 0.578. The summed E-state index contributed by atoms with van der Waals surface area (Å²) in [4.78, 5) is 24.3. The normalized spacial score (nSPS) is 10.8.